The SMILES string of the molecule is Cc1cc(Br)c(NC(C)C(F)F)cc1Cl. The van der Waals surface area contributed by atoms with Crippen LogP contribution in [0.25, 0.3) is 0 Å². The Kier molecular flexibility index (Phi) is 4.34. The number of anilines is 1. The lowest BCUT2D eigenvalue weighted by molar-refractivity contribution is 0.130. The summed E-state index contributed by atoms with van der Waals surface area (Å²) >= 11 is 9.19. The van der Waals surface area contributed by atoms with Crippen LogP contribution in [-0.2, 0) is 0 Å². The van der Waals surface area contributed by atoms with Gasteiger partial charge in [0.15, 0.2) is 0 Å². The molecule has 15 heavy (non-hydrogen) atoms. The lowest BCUT2D eigenvalue weighted by Crippen LogP contribution is -2.23. The normalized spacial score (nSPS) is 13.0. The number of benzene rings is 1. The Balaban J connectivity index is 2.91. The van der Waals surface area contributed by atoms with Gasteiger partial charge in [-0.05, 0) is 47.5 Å². The molecule has 0 saturated heterocycles. The van der Waals surface area contributed by atoms with E-state index in [-0.39, 0.29) is 0 Å². The molecule has 0 saturated carbocycles. The maximum atomic E-state index is 12.3. The van der Waals surface area contributed by atoms with E-state index in [2.05, 4.69) is 21.2 Å². The lowest BCUT2D eigenvalue weighted by atomic mass is 10.2. The first kappa shape index (κ1) is 12.7. The van der Waals surface area contributed by atoms with Gasteiger partial charge in [-0.25, -0.2) is 8.78 Å². The highest BCUT2D eigenvalue weighted by Gasteiger charge is 2.15. The fourth-order valence-corrected chi connectivity index (χ4v) is 1.80. The average Bonchev–Trinajstić information content (AvgIpc) is 2.13. The van der Waals surface area contributed by atoms with Crippen LogP contribution in [0.2, 0.25) is 5.02 Å². The topological polar surface area (TPSA) is 12.0 Å². The molecule has 1 aromatic carbocycles. The number of nitrogens with one attached hydrogen (secondary N) is 1. The largest absolute Gasteiger partial charge is 0.376 e. The molecule has 0 bridgehead atoms. The maximum absolute atomic E-state index is 12.3. The summed E-state index contributed by atoms with van der Waals surface area (Å²) in [5.74, 6) is 0. The molecule has 0 spiro atoms. The fraction of sp³-hybridized carbons (Fsp3) is 0.400. The highest BCUT2D eigenvalue weighted by atomic mass is 79.9. The summed E-state index contributed by atoms with van der Waals surface area (Å²) in [7, 11) is 0. The highest BCUT2D eigenvalue weighted by Crippen LogP contribution is 2.30. The zero-order chi connectivity index (χ0) is 11.6. The molecular formula is C10H11BrClF2N. The molecule has 0 fully saturated rings. The second-order valence-electron chi connectivity index (χ2n) is 3.35. The van der Waals surface area contributed by atoms with Crippen LogP contribution in [0.3, 0.4) is 0 Å². The summed E-state index contributed by atoms with van der Waals surface area (Å²) in [5.41, 5.74) is 1.48. The number of hydrogen-bond acceptors (Lipinski definition) is 1. The molecule has 0 radical (unpaired) electrons. The Morgan fingerprint density at radius 2 is 2.00 bits per heavy atom. The van der Waals surface area contributed by atoms with Crippen LogP contribution in [0, 0.1) is 6.92 Å². The molecule has 0 aromatic heterocycles. The van der Waals surface area contributed by atoms with E-state index >= 15 is 0 Å². The predicted molar refractivity (Wildman–Crippen MR) is 63.0 cm³/mol. The van der Waals surface area contributed by atoms with Crippen LogP contribution < -0.4 is 5.32 Å². The monoisotopic (exact) mass is 297 g/mol. The Morgan fingerprint density at radius 1 is 1.40 bits per heavy atom. The summed E-state index contributed by atoms with van der Waals surface area (Å²) in [5, 5.41) is 3.25. The van der Waals surface area contributed by atoms with Crippen molar-refractivity contribution < 1.29 is 8.78 Å². The minimum absolute atomic E-state index is 0.558. The first-order valence-corrected chi connectivity index (χ1v) is 5.59. The molecule has 1 rings (SSSR count). The van der Waals surface area contributed by atoms with Crippen molar-refractivity contribution in [2.45, 2.75) is 26.3 Å². The van der Waals surface area contributed by atoms with Gasteiger partial charge in [0.25, 0.3) is 6.43 Å². The third-order valence-corrected chi connectivity index (χ3v) is 3.07. The van der Waals surface area contributed by atoms with E-state index in [9.17, 15) is 8.78 Å². The quantitative estimate of drug-likeness (QED) is 0.868. The van der Waals surface area contributed by atoms with Gasteiger partial charge < -0.3 is 5.32 Å². The molecule has 1 atom stereocenters. The zero-order valence-corrected chi connectivity index (χ0v) is 10.7. The summed E-state index contributed by atoms with van der Waals surface area (Å²) in [6.07, 6.45) is -2.41. The molecule has 1 unspecified atom stereocenters. The van der Waals surface area contributed by atoms with Gasteiger partial charge in [0.2, 0.25) is 0 Å². The van der Waals surface area contributed by atoms with Crippen molar-refractivity contribution in [1.82, 2.24) is 0 Å². The van der Waals surface area contributed by atoms with Crippen LogP contribution in [0.15, 0.2) is 16.6 Å². The van der Waals surface area contributed by atoms with Gasteiger partial charge in [-0.15, -0.1) is 0 Å². The van der Waals surface area contributed by atoms with Crippen LogP contribution in [-0.4, -0.2) is 12.5 Å². The highest BCUT2D eigenvalue weighted by molar-refractivity contribution is 9.10. The molecule has 1 N–H and O–H groups in total. The van der Waals surface area contributed by atoms with E-state index in [0.29, 0.717) is 10.7 Å². The van der Waals surface area contributed by atoms with Crippen molar-refractivity contribution >= 4 is 33.2 Å². The minimum Gasteiger partial charge on any atom is -0.376 e. The fourth-order valence-electron chi connectivity index (χ4n) is 1.07. The maximum Gasteiger partial charge on any atom is 0.258 e. The first-order valence-electron chi connectivity index (χ1n) is 4.42. The number of aryl methyl sites for hydroxylation is 1. The van der Waals surface area contributed by atoms with Crippen LogP contribution in [0.5, 0.6) is 0 Å². The van der Waals surface area contributed by atoms with Gasteiger partial charge in [-0.2, -0.15) is 0 Å². The number of alkyl halides is 2. The number of halogens is 4. The molecule has 0 amide bonds. The predicted octanol–water partition coefficient (Wildman–Crippen LogP) is 4.48. The van der Waals surface area contributed by atoms with Gasteiger partial charge in [0.1, 0.15) is 0 Å². The molecule has 84 valence electrons. The van der Waals surface area contributed by atoms with Crippen molar-refractivity contribution in [3.63, 3.8) is 0 Å². The molecule has 0 aliphatic heterocycles. The van der Waals surface area contributed by atoms with Crippen LogP contribution >= 0.6 is 27.5 Å². The Morgan fingerprint density at radius 3 is 2.53 bits per heavy atom. The zero-order valence-electron chi connectivity index (χ0n) is 8.32. The molecule has 0 aliphatic carbocycles. The molecule has 1 aromatic rings. The molecule has 1 nitrogen and oxygen atoms in total. The van der Waals surface area contributed by atoms with Gasteiger partial charge in [-0.3, -0.25) is 0 Å². The van der Waals surface area contributed by atoms with Gasteiger partial charge in [0, 0.05) is 9.50 Å². The summed E-state index contributed by atoms with van der Waals surface area (Å²) < 4.78 is 25.4. The van der Waals surface area contributed by atoms with Crippen molar-refractivity contribution in [2.75, 3.05) is 5.32 Å². The number of hydrogen-bond donors (Lipinski definition) is 1. The Hall–Kier alpha value is -0.350. The standard InChI is InChI=1S/C10H11BrClF2N/c1-5-3-7(11)9(4-8(5)12)15-6(2)10(13)14/h3-4,6,10,15H,1-2H3. The van der Waals surface area contributed by atoms with Crippen molar-refractivity contribution in [3.8, 4) is 0 Å². The van der Waals surface area contributed by atoms with Crippen molar-refractivity contribution in [2.24, 2.45) is 0 Å². The minimum atomic E-state index is -2.41. The van der Waals surface area contributed by atoms with Gasteiger partial charge in [0.05, 0.1) is 11.7 Å². The Labute approximate surface area is 101 Å². The molecular weight excluding hydrogens is 287 g/mol. The van der Waals surface area contributed by atoms with Crippen molar-refractivity contribution in [3.05, 3.63) is 27.2 Å². The van der Waals surface area contributed by atoms with E-state index in [4.69, 9.17) is 11.6 Å². The second-order valence-corrected chi connectivity index (χ2v) is 4.61. The number of rotatable bonds is 3. The van der Waals surface area contributed by atoms with Crippen LogP contribution in [0.1, 0.15) is 12.5 Å². The third kappa shape index (κ3) is 3.31. The third-order valence-electron chi connectivity index (χ3n) is 2.01. The van der Waals surface area contributed by atoms with E-state index in [1.165, 1.54) is 6.92 Å². The summed E-state index contributed by atoms with van der Waals surface area (Å²) in [6.45, 7) is 3.28. The smallest absolute Gasteiger partial charge is 0.258 e. The van der Waals surface area contributed by atoms with E-state index in [1.807, 2.05) is 6.92 Å². The lowest BCUT2D eigenvalue weighted by Gasteiger charge is -2.16. The van der Waals surface area contributed by atoms with Gasteiger partial charge >= 0.3 is 0 Å². The molecule has 0 aliphatic rings. The van der Waals surface area contributed by atoms with Crippen LogP contribution in [0.4, 0.5) is 14.5 Å². The average molecular weight is 299 g/mol. The van der Waals surface area contributed by atoms with Gasteiger partial charge in [-0.1, -0.05) is 11.6 Å². The second kappa shape index (κ2) is 5.12. The van der Waals surface area contributed by atoms with E-state index in [0.717, 1.165) is 10.0 Å². The summed E-state index contributed by atoms with van der Waals surface area (Å²) in [4.78, 5) is 0. The van der Waals surface area contributed by atoms with E-state index < -0.39 is 12.5 Å². The summed E-state index contributed by atoms with van der Waals surface area (Å²) in [6, 6.07) is 2.53. The molecule has 5 heteroatoms. The Bertz CT molecular complexity index is 358. The van der Waals surface area contributed by atoms with E-state index in [1.54, 1.807) is 12.1 Å². The first-order chi connectivity index (χ1) is 6.91. The van der Waals surface area contributed by atoms with Crippen molar-refractivity contribution in [1.29, 1.82) is 0 Å². The molecule has 0 heterocycles.